The molecule has 162 valence electrons. The zero-order valence-corrected chi connectivity index (χ0v) is 18.4. The van der Waals surface area contributed by atoms with Gasteiger partial charge in [0.2, 0.25) is 0 Å². The van der Waals surface area contributed by atoms with Gasteiger partial charge in [0.1, 0.15) is 5.82 Å². The highest BCUT2D eigenvalue weighted by molar-refractivity contribution is 6.35. The number of β-amino-alcohol motifs (C(OH)–C–C–N with tert-alkyl or cyclic N) is 1. The van der Waals surface area contributed by atoms with Gasteiger partial charge >= 0.3 is 0 Å². The number of amides is 1. The van der Waals surface area contributed by atoms with Crippen molar-refractivity contribution in [2.24, 2.45) is 5.92 Å². The number of nitrogens with zero attached hydrogens (tertiary/aromatic N) is 2. The van der Waals surface area contributed by atoms with Crippen LogP contribution in [0.5, 0.6) is 0 Å². The van der Waals surface area contributed by atoms with Gasteiger partial charge in [0, 0.05) is 25.0 Å². The second kappa shape index (κ2) is 7.98. The van der Waals surface area contributed by atoms with E-state index in [1.54, 1.807) is 6.07 Å². The molecule has 0 spiro atoms. The molecule has 2 aromatic rings. The molecule has 1 amide bonds. The molecule has 4 rings (SSSR count). The van der Waals surface area contributed by atoms with Crippen molar-refractivity contribution in [1.29, 1.82) is 0 Å². The standard InChI is InChI=1S/C23H30ClN3O3/c1-15-4-3-9-23(30,12-15)13-25-21(28)20-16-5-8-19(26-18(16)7-6-17(20)24)27-11-10-22(2,29)14-27/h5-8,15,29-30H,3-4,9-14H2,1-2H3,(H,25,28)/t15-,22?,23+/m0/s1. The molecule has 3 N–H and O–H groups in total. The van der Waals surface area contributed by atoms with Crippen molar-refractivity contribution in [2.75, 3.05) is 24.5 Å². The highest BCUT2D eigenvalue weighted by atomic mass is 35.5. The zero-order valence-electron chi connectivity index (χ0n) is 17.6. The lowest BCUT2D eigenvalue weighted by Crippen LogP contribution is -2.45. The minimum absolute atomic E-state index is 0.220. The summed E-state index contributed by atoms with van der Waals surface area (Å²) in [6.07, 6.45) is 4.18. The first kappa shape index (κ1) is 21.3. The third-order valence-electron chi connectivity index (χ3n) is 6.45. The van der Waals surface area contributed by atoms with Gasteiger partial charge in [0.15, 0.2) is 0 Å². The summed E-state index contributed by atoms with van der Waals surface area (Å²) in [5.41, 5.74) is -0.506. The van der Waals surface area contributed by atoms with Crippen LogP contribution < -0.4 is 10.2 Å². The van der Waals surface area contributed by atoms with Crippen LogP contribution in [0, 0.1) is 5.92 Å². The van der Waals surface area contributed by atoms with Gasteiger partial charge in [-0.3, -0.25) is 4.79 Å². The number of aromatic nitrogens is 1. The van der Waals surface area contributed by atoms with Crippen molar-refractivity contribution in [3.05, 3.63) is 34.9 Å². The normalized spacial score (nSPS) is 29.4. The lowest BCUT2D eigenvalue weighted by Gasteiger charge is -2.35. The first-order chi connectivity index (χ1) is 14.2. The second-order valence-electron chi connectivity index (χ2n) is 9.44. The molecule has 0 radical (unpaired) electrons. The van der Waals surface area contributed by atoms with E-state index in [4.69, 9.17) is 16.6 Å². The number of nitrogens with one attached hydrogen (secondary N) is 1. The third-order valence-corrected chi connectivity index (χ3v) is 6.77. The summed E-state index contributed by atoms with van der Waals surface area (Å²) in [4.78, 5) is 19.8. The topological polar surface area (TPSA) is 85.7 Å². The summed E-state index contributed by atoms with van der Waals surface area (Å²) < 4.78 is 0. The van der Waals surface area contributed by atoms with Crippen molar-refractivity contribution < 1.29 is 15.0 Å². The summed E-state index contributed by atoms with van der Waals surface area (Å²) >= 11 is 6.39. The van der Waals surface area contributed by atoms with Gasteiger partial charge in [0.05, 0.1) is 27.3 Å². The number of hydrogen-bond acceptors (Lipinski definition) is 5. The maximum absolute atomic E-state index is 13.0. The Balaban J connectivity index is 1.56. The van der Waals surface area contributed by atoms with E-state index in [9.17, 15) is 15.0 Å². The molecule has 30 heavy (non-hydrogen) atoms. The number of rotatable bonds is 4. The molecule has 1 unspecified atom stereocenters. The van der Waals surface area contributed by atoms with Crippen molar-refractivity contribution in [2.45, 2.75) is 57.2 Å². The van der Waals surface area contributed by atoms with Crippen LogP contribution in [0.15, 0.2) is 24.3 Å². The Morgan fingerprint density at radius 1 is 1.30 bits per heavy atom. The van der Waals surface area contributed by atoms with Gasteiger partial charge < -0.3 is 20.4 Å². The molecule has 7 heteroatoms. The maximum atomic E-state index is 13.0. The third kappa shape index (κ3) is 4.41. The van der Waals surface area contributed by atoms with Crippen LogP contribution in [0.4, 0.5) is 5.82 Å². The second-order valence-corrected chi connectivity index (χ2v) is 9.84. The van der Waals surface area contributed by atoms with Crippen LogP contribution in [0.1, 0.15) is 56.3 Å². The van der Waals surface area contributed by atoms with E-state index in [0.717, 1.165) is 25.2 Å². The average molecular weight is 432 g/mol. The fourth-order valence-corrected chi connectivity index (χ4v) is 5.09. The molecule has 2 aliphatic rings. The Hall–Kier alpha value is -1.89. The van der Waals surface area contributed by atoms with Gasteiger partial charge in [-0.1, -0.05) is 31.4 Å². The van der Waals surface area contributed by atoms with Crippen molar-refractivity contribution in [1.82, 2.24) is 10.3 Å². The van der Waals surface area contributed by atoms with E-state index < -0.39 is 11.2 Å². The molecule has 1 aromatic heterocycles. The van der Waals surface area contributed by atoms with E-state index in [1.165, 1.54) is 0 Å². The summed E-state index contributed by atoms with van der Waals surface area (Å²) in [6, 6.07) is 7.23. The van der Waals surface area contributed by atoms with E-state index >= 15 is 0 Å². The first-order valence-electron chi connectivity index (χ1n) is 10.7. The zero-order chi connectivity index (χ0) is 21.5. The number of hydrogen-bond donors (Lipinski definition) is 3. The number of anilines is 1. The predicted molar refractivity (Wildman–Crippen MR) is 119 cm³/mol. The maximum Gasteiger partial charge on any atom is 0.253 e. The summed E-state index contributed by atoms with van der Waals surface area (Å²) in [5, 5.41) is 25.0. The van der Waals surface area contributed by atoms with Gasteiger partial charge in [-0.05, 0) is 56.4 Å². The fourth-order valence-electron chi connectivity index (χ4n) is 4.84. The Morgan fingerprint density at radius 3 is 2.80 bits per heavy atom. The van der Waals surface area contributed by atoms with Gasteiger partial charge in [-0.25, -0.2) is 4.98 Å². The Bertz CT molecular complexity index is 964. The molecule has 0 bridgehead atoms. The number of carbonyl (C=O) groups is 1. The van der Waals surface area contributed by atoms with Crippen LogP contribution >= 0.6 is 11.6 Å². The van der Waals surface area contributed by atoms with Gasteiger partial charge in [-0.15, -0.1) is 0 Å². The van der Waals surface area contributed by atoms with Crippen molar-refractivity contribution >= 4 is 34.2 Å². The Labute approximate surface area is 182 Å². The Kier molecular flexibility index (Phi) is 5.68. The molecule has 3 atom stereocenters. The minimum atomic E-state index is -0.859. The smallest absolute Gasteiger partial charge is 0.253 e. The van der Waals surface area contributed by atoms with E-state index in [-0.39, 0.29) is 12.5 Å². The largest absolute Gasteiger partial charge is 0.388 e. The summed E-state index contributed by atoms with van der Waals surface area (Å²) in [6.45, 7) is 5.46. The molecule has 1 saturated carbocycles. The predicted octanol–water partition coefficient (Wildman–Crippen LogP) is 3.52. The highest BCUT2D eigenvalue weighted by Crippen LogP contribution is 2.33. The molecule has 1 saturated heterocycles. The molecule has 6 nitrogen and oxygen atoms in total. The number of carbonyl (C=O) groups excluding carboxylic acids is 1. The fraction of sp³-hybridized carbons (Fsp3) is 0.565. The number of aliphatic hydroxyl groups is 2. The van der Waals surface area contributed by atoms with Gasteiger partial charge in [0.25, 0.3) is 5.91 Å². The van der Waals surface area contributed by atoms with Gasteiger partial charge in [-0.2, -0.15) is 0 Å². The molecule has 1 aromatic carbocycles. The lowest BCUT2D eigenvalue weighted by molar-refractivity contribution is -0.0109. The lowest BCUT2D eigenvalue weighted by atomic mass is 9.79. The Morgan fingerprint density at radius 2 is 2.10 bits per heavy atom. The number of fused-ring (bicyclic) bond motifs is 1. The first-order valence-corrected chi connectivity index (χ1v) is 11.1. The van der Waals surface area contributed by atoms with E-state index in [0.29, 0.717) is 53.2 Å². The van der Waals surface area contributed by atoms with E-state index in [1.807, 2.05) is 30.0 Å². The average Bonchev–Trinajstić information content (AvgIpc) is 3.05. The van der Waals surface area contributed by atoms with Crippen LogP contribution in [-0.2, 0) is 0 Å². The highest BCUT2D eigenvalue weighted by Gasteiger charge is 2.34. The number of halogens is 1. The number of pyridine rings is 1. The van der Waals surface area contributed by atoms with Crippen LogP contribution in [0.2, 0.25) is 5.02 Å². The van der Waals surface area contributed by atoms with Crippen molar-refractivity contribution in [3.8, 4) is 0 Å². The molecule has 1 aliphatic heterocycles. The van der Waals surface area contributed by atoms with Crippen LogP contribution in [-0.4, -0.2) is 51.9 Å². The molecule has 1 aliphatic carbocycles. The van der Waals surface area contributed by atoms with Crippen LogP contribution in [0.25, 0.3) is 10.9 Å². The van der Waals surface area contributed by atoms with Crippen LogP contribution in [0.3, 0.4) is 0 Å². The molecule has 2 fully saturated rings. The SMILES string of the molecule is C[C@H]1CCC[C@](O)(CNC(=O)c2c(Cl)ccc3nc(N4CCC(C)(O)C4)ccc23)C1. The number of benzene rings is 1. The van der Waals surface area contributed by atoms with E-state index in [2.05, 4.69) is 12.2 Å². The quantitative estimate of drug-likeness (QED) is 0.689. The molecular formula is C23H30ClN3O3. The molecule has 2 heterocycles. The summed E-state index contributed by atoms with van der Waals surface area (Å²) in [7, 11) is 0. The molecular weight excluding hydrogens is 402 g/mol. The van der Waals surface area contributed by atoms with Crippen molar-refractivity contribution in [3.63, 3.8) is 0 Å². The minimum Gasteiger partial charge on any atom is -0.388 e. The summed E-state index contributed by atoms with van der Waals surface area (Å²) in [5.74, 6) is 0.936. The monoisotopic (exact) mass is 431 g/mol.